The van der Waals surface area contributed by atoms with Crippen molar-refractivity contribution in [2.75, 3.05) is 0 Å². The number of nitrogens with one attached hydrogen (secondary N) is 1. The number of hydrogen-bond donors (Lipinski definition) is 3. The second-order valence-corrected chi connectivity index (χ2v) is 3.76. The Labute approximate surface area is 99.4 Å². The summed E-state index contributed by atoms with van der Waals surface area (Å²) in [5, 5.41) is 2.61. The first-order valence-corrected chi connectivity index (χ1v) is 5.22. The number of carbonyl (C=O) groups excluding carboxylic acids is 2. The first-order valence-electron chi connectivity index (χ1n) is 5.22. The smallest absolute Gasteiger partial charge is 0.237 e. The van der Waals surface area contributed by atoms with Crippen molar-refractivity contribution >= 4 is 11.8 Å². The van der Waals surface area contributed by atoms with E-state index in [-0.39, 0.29) is 13.0 Å². The molecule has 0 bridgehead atoms. The van der Waals surface area contributed by atoms with E-state index < -0.39 is 17.9 Å². The number of amides is 2. The van der Waals surface area contributed by atoms with E-state index in [9.17, 15) is 9.59 Å². The van der Waals surface area contributed by atoms with Crippen molar-refractivity contribution < 1.29 is 9.59 Å². The standard InChI is InChI=1S/C11H16N4O2/c1-7-3-2-4-14-9(7)6-15-11(17)8(12)5-10(13)16/h2-4,8H,5-6,12H2,1H3,(H2,13,16)(H,15,17). The van der Waals surface area contributed by atoms with E-state index in [1.54, 1.807) is 6.20 Å². The zero-order chi connectivity index (χ0) is 12.8. The van der Waals surface area contributed by atoms with Crippen molar-refractivity contribution in [1.82, 2.24) is 10.3 Å². The molecule has 0 aromatic carbocycles. The molecule has 6 heteroatoms. The van der Waals surface area contributed by atoms with E-state index in [0.29, 0.717) is 0 Å². The molecule has 0 saturated carbocycles. The SMILES string of the molecule is Cc1cccnc1CNC(=O)C(N)CC(N)=O. The van der Waals surface area contributed by atoms with Crippen molar-refractivity contribution in [2.45, 2.75) is 25.9 Å². The van der Waals surface area contributed by atoms with Crippen LogP contribution < -0.4 is 16.8 Å². The number of rotatable bonds is 5. The lowest BCUT2D eigenvalue weighted by atomic mass is 10.2. The van der Waals surface area contributed by atoms with Crippen molar-refractivity contribution in [3.63, 3.8) is 0 Å². The first kappa shape index (κ1) is 13.1. The number of nitrogens with zero attached hydrogens (tertiary/aromatic N) is 1. The Morgan fingerprint density at radius 1 is 1.53 bits per heavy atom. The van der Waals surface area contributed by atoms with Gasteiger partial charge in [-0.25, -0.2) is 0 Å². The number of pyridine rings is 1. The van der Waals surface area contributed by atoms with Gasteiger partial charge in [-0.1, -0.05) is 6.07 Å². The summed E-state index contributed by atoms with van der Waals surface area (Å²) in [5.41, 5.74) is 12.2. The molecular weight excluding hydrogens is 220 g/mol. The van der Waals surface area contributed by atoms with Crippen LogP contribution in [-0.4, -0.2) is 22.8 Å². The highest BCUT2D eigenvalue weighted by Crippen LogP contribution is 2.02. The predicted octanol–water partition coefficient (Wildman–Crippen LogP) is -0.791. The second kappa shape index (κ2) is 5.95. The Morgan fingerprint density at radius 2 is 2.24 bits per heavy atom. The molecule has 1 heterocycles. The molecule has 17 heavy (non-hydrogen) atoms. The number of carbonyl (C=O) groups is 2. The lowest BCUT2D eigenvalue weighted by Crippen LogP contribution is -2.42. The number of primary amides is 1. The van der Waals surface area contributed by atoms with Crippen LogP contribution in [0.5, 0.6) is 0 Å². The Balaban J connectivity index is 2.48. The van der Waals surface area contributed by atoms with E-state index in [0.717, 1.165) is 11.3 Å². The van der Waals surface area contributed by atoms with Gasteiger partial charge in [-0.2, -0.15) is 0 Å². The van der Waals surface area contributed by atoms with Crippen LogP contribution >= 0.6 is 0 Å². The van der Waals surface area contributed by atoms with Crippen LogP contribution in [-0.2, 0) is 16.1 Å². The molecule has 1 rings (SSSR count). The average Bonchev–Trinajstić information content (AvgIpc) is 2.26. The van der Waals surface area contributed by atoms with Gasteiger partial charge in [-0.05, 0) is 18.6 Å². The minimum atomic E-state index is -0.906. The van der Waals surface area contributed by atoms with Gasteiger partial charge < -0.3 is 16.8 Å². The fourth-order valence-electron chi connectivity index (χ4n) is 1.31. The van der Waals surface area contributed by atoms with Gasteiger partial charge in [0.2, 0.25) is 11.8 Å². The van der Waals surface area contributed by atoms with E-state index in [2.05, 4.69) is 10.3 Å². The number of hydrogen-bond acceptors (Lipinski definition) is 4. The molecule has 5 N–H and O–H groups in total. The molecule has 0 spiro atoms. The molecule has 1 atom stereocenters. The summed E-state index contributed by atoms with van der Waals surface area (Å²) in [6.07, 6.45) is 1.49. The van der Waals surface area contributed by atoms with Gasteiger partial charge >= 0.3 is 0 Å². The molecule has 0 aliphatic rings. The third kappa shape index (κ3) is 4.20. The molecule has 1 aromatic rings. The van der Waals surface area contributed by atoms with Crippen LogP contribution in [0.1, 0.15) is 17.7 Å². The Bertz CT molecular complexity index is 420. The monoisotopic (exact) mass is 236 g/mol. The molecule has 92 valence electrons. The van der Waals surface area contributed by atoms with Gasteiger partial charge in [-0.3, -0.25) is 14.6 Å². The van der Waals surface area contributed by atoms with Crippen LogP contribution in [0, 0.1) is 6.92 Å². The summed E-state index contributed by atoms with van der Waals surface area (Å²) in [5.74, 6) is -1.00. The highest BCUT2D eigenvalue weighted by Gasteiger charge is 2.15. The predicted molar refractivity (Wildman–Crippen MR) is 62.6 cm³/mol. The zero-order valence-corrected chi connectivity index (χ0v) is 9.64. The highest BCUT2D eigenvalue weighted by atomic mass is 16.2. The van der Waals surface area contributed by atoms with Crippen LogP contribution in [0.25, 0.3) is 0 Å². The number of aryl methyl sites for hydroxylation is 1. The summed E-state index contributed by atoms with van der Waals surface area (Å²) in [7, 11) is 0. The van der Waals surface area contributed by atoms with Crippen LogP contribution in [0.15, 0.2) is 18.3 Å². The molecule has 1 unspecified atom stereocenters. The molecule has 6 nitrogen and oxygen atoms in total. The lowest BCUT2D eigenvalue weighted by molar-refractivity contribution is -0.126. The summed E-state index contributed by atoms with van der Waals surface area (Å²) >= 11 is 0. The maximum atomic E-state index is 11.5. The maximum absolute atomic E-state index is 11.5. The third-order valence-electron chi connectivity index (χ3n) is 2.31. The average molecular weight is 236 g/mol. The number of nitrogens with two attached hydrogens (primary N) is 2. The van der Waals surface area contributed by atoms with Crippen LogP contribution in [0.4, 0.5) is 0 Å². The topological polar surface area (TPSA) is 111 Å². The maximum Gasteiger partial charge on any atom is 0.237 e. The molecule has 0 fully saturated rings. The van der Waals surface area contributed by atoms with Gasteiger partial charge in [0.1, 0.15) is 0 Å². The van der Waals surface area contributed by atoms with Gasteiger partial charge in [0.05, 0.1) is 24.7 Å². The van der Waals surface area contributed by atoms with Gasteiger partial charge in [0.15, 0.2) is 0 Å². The van der Waals surface area contributed by atoms with Crippen molar-refractivity contribution in [3.8, 4) is 0 Å². The lowest BCUT2D eigenvalue weighted by Gasteiger charge is -2.11. The van der Waals surface area contributed by atoms with E-state index in [1.165, 1.54) is 0 Å². The molecule has 1 aromatic heterocycles. The summed E-state index contributed by atoms with van der Waals surface area (Å²) in [6.45, 7) is 2.19. The Kier molecular flexibility index (Phi) is 4.59. The zero-order valence-electron chi connectivity index (χ0n) is 9.64. The normalized spacial score (nSPS) is 11.9. The van der Waals surface area contributed by atoms with Crippen LogP contribution in [0.3, 0.4) is 0 Å². The highest BCUT2D eigenvalue weighted by molar-refractivity contribution is 5.87. The second-order valence-electron chi connectivity index (χ2n) is 3.76. The van der Waals surface area contributed by atoms with Crippen molar-refractivity contribution in [3.05, 3.63) is 29.6 Å². The minimum absolute atomic E-state index is 0.160. The molecule has 0 aliphatic heterocycles. The third-order valence-corrected chi connectivity index (χ3v) is 2.31. The summed E-state index contributed by atoms with van der Waals surface area (Å²) in [4.78, 5) is 26.2. The molecule has 0 radical (unpaired) electrons. The van der Waals surface area contributed by atoms with Gasteiger partial charge in [0, 0.05) is 6.20 Å². The number of aromatic nitrogens is 1. The van der Waals surface area contributed by atoms with Crippen LogP contribution in [0.2, 0.25) is 0 Å². The van der Waals surface area contributed by atoms with E-state index >= 15 is 0 Å². The fraction of sp³-hybridized carbons (Fsp3) is 0.364. The Morgan fingerprint density at radius 3 is 2.82 bits per heavy atom. The fourth-order valence-corrected chi connectivity index (χ4v) is 1.31. The summed E-state index contributed by atoms with van der Waals surface area (Å²) in [6, 6.07) is 2.81. The molecule has 2 amide bonds. The van der Waals surface area contributed by atoms with Gasteiger partial charge in [0.25, 0.3) is 0 Å². The summed E-state index contributed by atoms with van der Waals surface area (Å²) < 4.78 is 0. The molecule has 0 saturated heterocycles. The van der Waals surface area contributed by atoms with E-state index in [4.69, 9.17) is 11.5 Å². The molecular formula is C11H16N4O2. The van der Waals surface area contributed by atoms with Crippen molar-refractivity contribution in [2.24, 2.45) is 11.5 Å². The van der Waals surface area contributed by atoms with E-state index in [1.807, 2.05) is 19.1 Å². The van der Waals surface area contributed by atoms with Crippen molar-refractivity contribution in [1.29, 1.82) is 0 Å². The minimum Gasteiger partial charge on any atom is -0.370 e. The van der Waals surface area contributed by atoms with Gasteiger partial charge in [-0.15, -0.1) is 0 Å². The largest absolute Gasteiger partial charge is 0.370 e. The molecule has 0 aliphatic carbocycles. The quantitative estimate of drug-likeness (QED) is 0.622. The first-order chi connectivity index (χ1) is 8.00. The Hall–Kier alpha value is -1.95.